The van der Waals surface area contributed by atoms with Gasteiger partial charge in [-0.1, -0.05) is 47.5 Å². The molecule has 2 aromatic rings. The highest BCUT2D eigenvalue weighted by atomic mass is 35.5. The van der Waals surface area contributed by atoms with Gasteiger partial charge in [0.15, 0.2) is 6.10 Å². The lowest BCUT2D eigenvalue weighted by Crippen LogP contribution is -2.54. The van der Waals surface area contributed by atoms with Gasteiger partial charge in [-0.05, 0) is 41.8 Å². The van der Waals surface area contributed by atoms with Crippen molar-refractivity contribution in [2.24, 2.45) is 0 Å². The van der Waals surface area contributed by atoms with E-state index in [1.54, 1.807) is 36.4 Å². The van der Waals surface area contributed by atoms with Crippen molar-refractivity contribution in [1.29, 1.82) is 0 Å². The van der Waals surface area contributed by atoms with Crippen LogP contribution >= 0.6 is 23.2 Å². The second kappa shape index (κ2) is 10.6. The monoisotopic (exact) mass is 464 g/mol. The molecule has 1 aliphatic heterocycles. The van der Waals surface area contributed by atoms with Crippen molar-refractivity contribution in [3.05, 3.63) is 69.7 Å². The van der Waals surface area contributed by atoms with E-state index in [1.807, 2.05) is 12.1 Å². The Morgan fingerprint density at radius 3 is 2.52 bits per heavy atom. The first-order valence-corrected chi connectivity index (χ1v) is 10.5. The van der Waals surface area contributed by atoms with Crippen LogP contribution in [0.1, 0.15) is 23.6 Å². The summed E-state index contributed by atoms with van der Waals surface area (Å²) in [4.78, 5) is 37.9. The van der Waals surface area contributed by atoms with Crippen LogP contribution in [-0.2, 0) is 25.5 Å². The fourth-order valence-electron chi connectivity index (χ4n) is 3.39. The average Bonchev–Trinajstić information content (AvgIpc) is 2.74. The molecule has 2 atom stereocenters. The highest BCUT2D eigenvalue weighted by Crippen LogP contribution is 2.26. The summed E-state index contributed by atoms with van der Waals surface area (Å²) in [6.45, 7) is 0.0606. The fourth-order valence-corrected chi connectivity index (χ4v) is 3.73. The molecule has 31 heavy (non-hydrogen) atoms. The number of carbonyl (C=O) groups is 3. The highest BCUT2D eigenvalue weighted by molar-refractivity contribution is 6.30. The van der Waals surface area contributed by atoms with E-state index in [-0.39, 0.29) is 37.9 Å². The molecule has 2 N–H and O–H groups in total. The number of morpholine rings is 1. The first-order chi connectivity index (χ1) is 14.8. The predicted molar refractivity (Wildman–Crippen MR) is 116 cm³/mol. The van der Waals surface area contributed by atoms with E-state index in [4.69, 9.17) is 33.0 Å². The molecular weight excluding hydrogens is 443 g/mol. The molecule has 0 unspecified atom stereocenters. The molecule has 0 spiro atoms. The molecule has 9 heteroatoms. The molecule has 0 aromatic heterocycles. The largest absolute Gasteiger partial charge is 0.481 e. The van der Waals surface area contributed by atoms with E-state index in [1.165, 1.54) is 4.90 Å². The van der Waals surface area contributed by atoms with Crippen LogP contribution in [0, 0.1) is 0 Å². The number of benzene rings is 2. The number of carboxylic acid groups (broad SMARTS) is 1. The van der Waals surface area contributed by atoms with Crippen molar-refractivity contribution in [3.8, 4) is 0 Å². The van der Waals surface area contributed by atoms with Crippen molar-refractivity contribution in [2.75, 3.05) is 19.7 Å². The molecule has 2 aromatic carbocycles. The number of nitrogens with zero attached hydrogens (tertiary/aromatic N) is 1. The van der Waals surface area contributed by atoms with Crippen LogP contribution in [0.25, 0.3) is 0 Å². The zero-order valence-electron chi connectivity index (χ0n) is 16.6. The molecule has 7 nitrogen and oxygen atoms in total. The number of halogens is 2. The van der Waals surface area contributed by atoms with E-state index < -0.39 is 18.1 Å². The summed E-state index contributed by atoms with van der Waals surface area (Å²) in [5.74, 6) is -1.73. The fraction of sp³-hybridized carbons (Fsp3) is 0.318. The molecular formula is C22H22Cl2N2O5. The summed E-state index contributed by atoms with van der Waals surface area (Å²) < 4.78 is 5.60. The number of nitrogens with one attached hydrogen (secondary N) is 1. The molecule has 1 aliphatic rings. The lowest BCUT2D eigenvalue weighted by Gasteiger charge is -2.35. The van der Waals surface area contributed by atoms with Gasteiger partial charge >= 0.3 is 5.97 Å². The number of aliphatic carboxylic acids is 1. The molecule has 3 rings (SSSR count). The van der Waals surface area contributed by atoms with Crippen LogP contribution in [0.3, 0.4) is 0 Å². The number of ether oxygens (including phenoxy) is 1. The molecule has 0 aliphatic carbocycles. The Labute approximate surface area is 189 Å². The van der Waals surface area contributed by atoms with E-state index in [9.17, 15) is 14.4 Å². The van der Waals surface area contributed by atoms with Gasteiger partial charge in [0, 0.05) is 23.1 Å². The maximum atomic E-state index is 13.4. The van der Waals surface area contributed by atoms with Crippen LogP contribution < -0.4 is 5.32 Å². The highest BCUT2D eigenvalue weighted by Gasteiger charge is 2.38. The second-order valence-electron chi connectivity index (χ2n) is 7.18. The van der Waals surface area contributed by atoms with E-state index >= 15 is 0 Å². The van der Waals surface area contributed by atoms with Crippen molar-refractivity contribution >= 4 is 41.0 Å². The normalized spacial score (nSPS) is 18.3. The quantitative estimate of drug-likeness (QED) is 0.625. The van der Waals surface area contributed by atoms with Crippen molar-refractivity contribution in [3.63, 3.8) is 0 Å². The van der Waals surface area contributed by atoms with E-state index in [0.717, 1.165) is 5.56 Å². The summed E-state index contributed by atoms with van der Waals surface area (Å²) in [6, 6.07) is 13.3. The van der Waals surface area contributed by atoms with Gasteiger partial charge in [-0.3, -0.25) is 14.4 Å². The number of rotatable bonds is 8. The van der Waals surface area contributed by atoms with Crippen LogP contribution in [-0.4, -0.2) is 53.6 Å². The summed E-state index contributed by atoms with van der Waals surface area (Å²) in [7, 11) is 0. The van der Waals surface area contributed by atoms with Gasteiger partial charge in [0.05, 0.1) is 12.5 Å². The topological polar surface area (TPSA) is 95.9 Å². The Bertz CT molecular complexity index is 951. The smallest absolute Gasteiger partial charge is 0.305 e. The van der Waals surface area contributed by atoms with Gasteiger partial charge in [-0.2, -0.15) is 0 Å². The number of carbonyl (C=O) groups excluding carboxylic acids is 2. The van der Waals surface area contributed by atoms with Crippen LogP contribution in [0.5, 0.6) is 0 Å². The van der Waals surface area contributed by atoms with Gasteiger partial charge in [-0.15, -0.1) is 0 Å². The average molecular weight is 465 g/mol. The Kier molecular flexibility index (Phi) is 7.90. The maximum absolute atomic E-state index is 13.4. The molecule has 164 valence electrons. The van der Waals surface area contributed by atoms with Gasteiger partial charge in [0.1, 0.15) is 6.61 Å². The Balaban J connectivity index is 1.80. The third kappa shape index (κ3) is 6.43. The molecule has 0 radical (unpaired) electrons. The van der Waals surface area contributed by atoms with Gasteiger partial charge in [0.25, 0.3) is 5.91 Å². The Hall–Kier alpha value is -2.61. The lowest BCUT2D eigenvalue weighted by molar-refractivity contribution is -0.155. The molecule has 2 amide bonds. The molecule has 1 heterocycles. The van der Waals surface area contributed by atoms with Crippen LogP contribution in [0.2, 0.25) is 10.0 Å². The van der Waals surface area contributed by atoms with E-state index in [2.05, 4.69) is 5.32 Å². The number of hydrogen-bond acceptors (Lipinski definition) is 4. The van der Waals surface area contributed by atoms with Crippen molar-refractivity contribution < 1.29 is 24.2 Å². The van der Waals surface area contributed by atoms with Gasteiger partial charge < -0.3 is 20.1 Å². The minimum absolute atomic E-state index is 0.0237. The molecule has 0 saturated carbocycles. The second-order valence-corrected chi connectivity index (χ2v) is 8.05. The Morgan fingerprint density at radius 1 is 1.10 bits per heavy atom. The SMILES string of the molecule is O=C(O)CCN(CCc1cccc(Cl)c1)C(=O)[C@@H]1OCC(=O)N[C@@H]1c1ccc(Cl)cc1. The summed E-state index contributed by atoms with van der Waals surface area (Å²) in [5, 5.41) is 13.0. The van der Waals surface area contributed by atoms with Gasteiger partial charge in [-0.25, -0.2) is 0 Å². The third-order valence-corrected chi connectivity index (χ3v) is 5.44. The third-order valence-electron chi connectivity index (χ3n) is 4.95. The zero-order valence-corrected chi connectivity index (χ0v) is 18.1. The van der Waals surface area contributed by atoms with Crippen LogP contribution in [0.4, 0.5) is 0 Å². The summed E-state index contributed by atoms with van der Waals surface area (Å²) in [5.41, 5.74) is 1.59. The lowest BCUT2D eigenvalue weighted by atomic mass is 9.98. The Morgan fingerprint density at radius 2 is 1.84 bits per heavy atom. The van der Waals surface area contributed by atoms with Crippen molar-refractivity contribution in [2.45, 2.75) is 25.0 Å². The zero-order chi connectivity index (χ0) is 22.4. The number of amides is 2. The maximum Gasteiger partial charge on any atom is 0.305 e. The first kappa shape index (κ1) is 23.1. The molecule has 1 fully saturated rings. The van der Waals surface area contributed by atoms with Crippen LogP contribution in [0.15, 0.2) is 48.5 Å². The minimum Gasteiger partial charge on any atom is -0.481 e. The standard InChI is InChI=1S/C22H22Cl2N2O5/c23-16-6-4-15(5-7-16)20-21(31-13-18(27)25-20)22(30)26(11-9-19(28)29)10-8-14-2-1-3-17(24)12-14/h1-7,12,20-21H,8-11,13H2,(H,25,27)(H,28,29)/t20-,21-/m1/s1. The summed E-state index contributed by atoms with van der Waals surface area (Å²) in [6.07, 6.45) is -0.685. The predicted octanol–water partition coefficient (Wildman–Crippen LogP) is 3.10. The number of carboxylic acids is 1. The van der Waals surface area contributed by atoms with Crippen molar-refractivity contribution in [1.82, 2.24) is 10.2 Å². The summed E-state index contributed by atoms with van der Waals surface area (Å²) >= 11 is 12.0. The number of hydrogen-bond donors (Lipinski definition) is 2. The van der Waals surface area contributed by atoms with Gasteiger partial charge in [0.2, 0.25) is 5.91 Å². The minimum atomic E-state index is -1.01. The molecule has 0 bridgehead atoms. The van der Waals surface area contributed by atoms with E-state index in [0.29, 0.717) is 22.0 Å². The first-order valence-electron chi connectivity index (χ1n) is 9.75. The molecule has 1 saturated heterocycles.